The number of anilines is 1. The van der Waals surface area contributed by atoms with Crippen molar-refractivity contribution >= 4 is 17.4 Å². The van der Waals surface area contributed by atoms with Crippen LogP contribution < -0.4 is 9.64 Å². The SMILES string of the molecule is C=C(OC)C1COc2cnc(Cl)nc2N1C. The lowest BCUT2D eigenvalue weighted by molar-refractivity contribution is 0.208. The third-order valence-corrected chi connectivity index (χ3v) is 2.72. The monoisotopic (exact) mass is 241 g/mol. The second-order valence-corrected chi connectivity index (χ2v) is 3.77. The number of halogens is 1. The van der Waals surface area contributed by atoms with Gasteiger partial charge in [-0.25, -0.2) is 4.98 Å². The second-order valence-electron chi connectivity index (χ2n) is 3.44. The molecule has 1 aliphatic heterocycles. The molecule has 1 aliphatic rings. The summed E-state index contributed by atoms with van der Waals surface area (Å²) in [5, 5.41) is 0.192. The number of hydrogen-bond donors (Lipinski definition) is 0. The van der Waals surface area contributed by atoms with Crippen LogP contribution in [-0.2, 0) is 4.74 Å². The molecule has 1 unspecified atom stereocenters. The predicted octanol–water partition coefficient (Wildman–Crippen LogP) is 1.49. The van der Waals surface area contributed by atoms with Gasteiger partial charge >= 0.3 is 0 Å². The maximum Gasteiger partial charge on any atom is 0.224 e. The largest absolute Gasteiger partial charge is 0.499 e. The molecule has 0 bridgehead atoms. The lowest BCUT2D eigenvalue weighted by Gasteiger charge is -2.34. The van der Waals surface area contributed by atoms with Gasteiger partial charge < -0.3 is 14.4 Å². The average Bonchev–Trinajstić information content (AvgIpc) is 2.29. The molecule has 2 rings (SSSR count). The Balaban J connectivity index is 2.34. The highest BCUT2D eigenvalue weighted by molar-refractivity contribution is 6.28. The van der Waals surface area contributed by atoms with E-state index in [0.717, 1.165) is 0 Å². The first kappa shape index (κ1) is 11.0. The fraction of sp³-hybridized carbons (Fsp3) is 0.400. The summed E-state index contributed by atoms with van der Waals surface area (Å²) in [5.41, 5.74) is 0. The molecule has 2 heterocycles. The lowest BCUT2D eigenvalue weighted by atomic mass is 10.2. The highest BCUT2D eigenvalue weighted by atomic mass is 35.5. The van der Waals surface area contributed by atoms with E-state index in [0.29, 0.717) is 23.9 Å². The van der Waals surface area contributed by atoms with Gasteiger partial charge in [-0.3, -0.25) is 0 Å². The van der Waals surface area contributed by atoms with Crippen LogP contribution >= 0.6 is 11.6 Å². The number of aromatic nitrogens is 2. The molecular formula is C10H12ClN3O2. The van der Waals surface area contributed by atoms with Gasteiger partial charge in [-0.2, -0.15) is 4.98 Å². The molecule has 0 spiro atoms. The number of rotatable bonds is 2. The molecule has 0 aliphatic carbocycles. The van der Waals surface area contributed by atoms with Gasteiger partial charge in [0.15, 0.2) is 11.6 Å². The first-order valence-electron chi connectivity index (χ1n) is 4.74. The Morgan fingerprint density at radius 3 is 3.19 bits per heavy atom. The Labute approximate surface area is 98.7 Å². The van der Waals surface area contributed by atoms with E-state index in [2.05, 4.69) is 16.5 Å². The van der Waals surface area contributed by atoms with E-state index in [1.807, 2.05) is 11.9 Å². The lowest BCUT2D eigenvalue weighted by Crippen LogP contribution is -2.42. The van der Waals surface area contributed by atoms with Crippen molar-refractivity contribution in [3.05, 3.63) is 23.8 Å². The molecule has 86 valence electrons. The van der Waals surface area contributed by atoms with Crippen LogP contribution in [0.3, 0.4) is 0 Å². The van der Waals surface area contributed by atoms with Crippen molar-refractivity contribution in [1.29, 1.82) is 0 Å². The summed E-state index contributed by atoms with van der Waals surface area (Å²) < 4.78 is 10.6. The number of hydrogen-bond acceptors (Lipinski definition) is 5. The van der Waals surface area contributed by atoms with E-state index >= 15 is 0 Å². The van der Waals surface area contributed by atoms with Gasteiger partial charge in [-0.15, -0.1) is 0 Å². The number of fused-ring (bicyclic) bond motifs is 1. The van der Waals surface area contributed by atoms with Gasteiger partial charge in [0.2, 0.25) is 5.28 Å². The molecule has 5 nitrogen and oxygen atoms in total. The van der Waals surface area contributed by atoms with Gasteiger partial charge in [0, 0.05) is 7.05 Å². The van der Waals surface area contributed by atoms with Gasteiger partial charge in [0.05, 0.1) is 13.3 Å². The Hall–Kier alpha value is -1.49. The molecular weight excluding hydrogens is 230 g/mol. The van der Waals surface area contributed by atoms with E-state index < -0.39 is 0 Å². The van der Waals surface area contributed by atoms with Crippen molar-refractivity contribution < 1.29 is 9.47 Å². The van der Waals surface area contributed by atoms with Crippen LogP contribution in [0.2, 0.25) is 5.28 Å². The van der Waals surface area contributed by atoms with Gasteiger partial charge in [-0.05, 0) is 11.6 Å². The summed E-state index contributed by atoms with van der Waals surface area (Å²) in [5.74, 6) is 1.89. The highest BCUT2D eigenvalue weighted by Gasteiger charge is 2.29. The Bertz CT molecular complexity index is 425. The van der Waals surface area contributed by atoms with Crippen molar-refractivity contribution in [2.24, 2.45) is 0 Å². The van der Waals surface area contributed by atoms with Crippen LogP contribution in [0.5, 0.6) is 5.75 Å². The zero-order valence-electron chi connectivity index (χ0n) is 9.11. The van der Waals surface area contributed by atoms with Crippen LogP contribution in [0.1, 0.15) is 0 Å². The standard InChI is InChI=1S/C10H12ClN3O2/c1-6(15-3)7-5-16-8-4-12-10(11)13-9(8)14(7)2/h4,7H,1,5H2,2-3H3. The summed E-state index contributed by atoms with van der Waals surface area (Å²) >= 11 is 5.75. The number of ether oxygens (including phenoxy) is 2. The molecule has 0 fully saturated rings. The summed E-state index contributed by atoms with van der Waals surface area (Å²) in [6.45, 7) is 4.28. The van der Waals surface area contributed by atoms with Crippen molar-refractivity contribution in [2.75, 3.05) is 25.7 Å². The third kappa shape index (κ3) is 1.78. The summed E-state index contributed by atoms with van der Waals surface area (Å²) in [6, 6.07) is -0.0662. The quantitative estimate of drug-likeness (QED) is 0.580. The van der Waals surface area contributed by atoms with Crippen LogP contribution in [0.25, 0.3) is 0 Å². The summed E-state index contributed by atoms with van der Waals surface area (Å²) in [7, 11) is 3.47. The maximum absolute atomic E-state index is 5.75. The molecule has 1 atom stereocenters. The van der Waals surface area contributed by atoms with Crippen LogP contribution in [0, 0.1) is 0 Å². The van der Waals surface area contributed by atoms with Gasteiger partial charge in [-0.1, -0.05) is 6.58 Å². The summed E-state index contributed by atoms with van der Waals surface area (Å²) in [6.07, 6.45) is 1.56. The Kier molecular flexibility index (Phi) is 2.87. The Morgan fingerprint density at radius 1 is 1.75 bits per heavy atom. The molecule has 16 heavy (non-hydrogen) atoms. The van der Waals surface area contributed by atoms with Crippen LogP contribution in [0.15, 0.2) is 18.5 Å². The van der Waals surface area contributed by atoms with Crippen molar-refractivity contribution in [3.8, 4) is 5.75 Å². The molecule has 1 aromatic rings. The number of methoxy groups -OCH3 is 1. The molecule has 1 aromatic heterocycles. The topological polar surface area (TPSA) is 47.5 Å². The number of likely N-dealkylation sites (N-methyl/N-ethyl adjacent to an activating group) is 1. The summed E-state index contributed by atoms with van der Waals surface area (Å²) in [4.78, 5) is 9.90. The van der Waals surface area contributed by atoms with E-state index in [1.165, 1.54) is 0 Å². The van der Waals surface area contributed by atoms with Crippen molar-refractivity contribution in [1.82, 2.24) is 9.97 Å². The minimum atomic E-state index is -0.0662. The highest BCUT2D eigenvalue weighted by Crippen LogP contribution is 2.32. The fourth-order valence-electron chi connectivity index (χ4n) is 1.57. The van der Waals surface area contributed by atoms with Crippen LogP contribution in [0.4, 0.5) is 5.82 Å². The predicted molar refractivity (Wildman–Crippen MR) is 60.9 cm³/mol. The average molecular weight is 242 g/mol. The van der Waals surface area contributed by atoms with E-state index in [1.54, 1.807) is 13.3 Å². The third-order valence-electron chi connectivity index (χ3n) is 2.54. The Morgan fingerprint density at radius 2 is 2.50 bits per heavy atom. The van der Waals surface area contributed by atoms with Crippen molar-refractivity contribution in [2.45, 2.75) is 6.04 Å². The molecule has 0 radical (unpaired) electrons. The zero-order chi connectivity index (χ0) is 11.7. The van der Waals surface area contributed by atoms with E-state index in [4.69, 9.17) is 21.1 Å². The van der Waals surface area contributed by atoms with E-state index in [9.17, 15) is 0 Å². The fourth-order valence-corrected chi connectivity index (χ4v) is 1.70. The molecule has 0 saturated heterocycles. The zero-order valence-corrected chi connectivity index (χ0v) is 9.86. The normalized spacial score (nSPS) is 18.7. The van der Waals surface area contributed by atoms with E-state index in [-0.39, 0.29) is 11.3 Å². The van der Waals surface area contributed by atoms with Crippen LogP contribution in [-0.4, -0.2) is 36.8 Å². The molecule has 0 aromatic carbocycles. The smallest absolute Gasteiger partial charge is 0.224 e. The first-order valence-corrected chi connectivity index (χ1v) is 5.12. The number of nitrogens with zero attached hydrogens (tertiary/aromatic N) is 3. The first-order chi connectivity index (χ1) is 7.63. The van der Waals surface area contributed by atoms with Crippen molar-refractivity contribution in [3.63, 3.8) is 0 Å². The minimum Gasteiger partial charge on any atom is -0.499 e. The molecule has 0 saturated carbocycles. The molecule has 0 amide bonds. The second kappa shape index (κ2) is 4.17. The minimum absolute atomic E-state index is 0.0662. The molecule has 0 N–H and O–H groups in total. The van der Waals surface area contributed by atoms with Gasteiger partial charge in [0.25, 0.3) is 0 Å². The van der Waals surface area contributed by atoms with Gasteiger partial charge in [0.1, 0.15) is 18.4 Å². The molecule has 6 heteroatoms. The maximum atomic E-state index is 5.75.